The van der Waals surface area contributed by atoms with E-state index in [2.05, 4.69) is 35.1 Å². The zero-order valence-corrected chi connectivity index (χ0v) is 15.0. The highest BCUT2D eigenvalue weighted by Crippen LogP contribution is 2.26. The lowest BCUT2D eigenvalue weighted by atomic mass is 10.2. The molecule has 0 aliphatic heterocycles. The summed E-state index contributed by atoms with van der Waals surface area (Å²) in [5.74, 6) is 2.42. The van der Waals surface area contributed by atoms with Gasteiger partial charge in [0.05, 0.1) is 12.1 Å². The summed E-state index contributed by atoms with van der Waals surface area (Å²) in [6, 6.07) is 16.0. The quantitative estimate of drug-likeness (QED) is 0.682. The molecular weight excluding hydrogens is 312 g/mol. The van der Waals surface area contributed by atoms with Crippen LogP contribution >= 0.6 is 0 Å². The van der Waals surface area contributed by atoms with Crippen molar-refractivity contribution in [3.05, 3.63) is 48.5 Å². The molecule has 0 saturated heterocycles. The number of hydrogen-bond donors (Lipinski definition) is 1. The van der Waals surface area contributed by atoms with Gasteiger partial charge in [0.2, 0.25) is 5.95 Å². The van der Waals surface area contributed by atoms with Crippen molar-refractivity contribution in [2.24, 2.45) is 0 Å². The van der Waals surface area contributed by atoms with Crippen LogP contribution < -0.4 is 15.0 Å². The van der Waals surface area contributed by atoms with Crippen LogP contribution in [0.1, 0.15) is 20.8 Å². The molecule has 0 aliphatic rings. The largest absolute Gasteiger partial charge is 0.494 e. The van der Waals surface area contributed by atoms with Crippen molar-refractivity contribution in [1.82, 2.24) is 9.97 Å². The van der Waals surface area contributed by atoms with Gasteiger partial charge in [0.25, 0.3) is 0 Å². The first-order valence-corrected chi connectivity index (χ1v) is 8.76. The zero-order chi connectivity index (χ0) is 17.6. The number of nitrogens with one attached hydrogen (secondary N) is 1. The number of ether oxygens (including phenoxy) is 1. The molecule has 0 radical (unpaired) electrons. The number of aromatic nitrogens is 2. The molecule has 130 valence electrons. The average molecular weight is 336 g/mol. The van der Waals surface area contributed by atoms with Crippen molar-refractivity contribution < 1.29 is 4.74 Å². The molecule has 0 aliphatic carbocycles. The summed E-state index contributed by atoms with van der Waals surface area (Å²) in [7, 11) is 0. The highest BCUT2D eigenvalue weighted by atomic mass is 16.5. The number of fused-ring (bicyclic) bond motifs is 1. The molecule has 25 heavy (non-hydrogen) atoms. The van der Waals surface area contributed by atoms with Gasteiger partial charge >= 0.3 is 0 Å². The van der Waals surface area contributed by atoms with Crippen molar-refractivity contribution in [2.45, 2.75) is 20.8 Å². The van der Waals surface area contributed by atoms with E-state index in [0.29, 0.717) is 12.6 Å². The second-order valence-corrected chi connectivity index (χ2v) is 5.64. The molecule has 1 N–H and O–H groups in total. The van der Waals surface area contributed by atoms with Gasteiger partial charge in [-0.1, -0.05) is 12.1 Å². The van der Waals surface area contributed by atoms with Crippen molar-refractivity contribution in [3.63, 3.8) is 0 Å². The summed E-state index contributed by atoms with van der Waals surface area (Å²) in [6.45, 7) is 8.72. The molecule has 0 amide bonds. The molecule has 0 saturated carbocycles. The Morgan fingerprint density at radius 2 is 1.64 bits per heavy atom. The van der Waals surface area contributed by atoms with E-state index < -0.39 is 0 Å². The highest BCUT2D eigenvalue weighted by molar-refractivity contribution is 5.90. The lowest BCUT2D eigenvalue weighted by Crippen LogP contribution is -2.23. The van der Waals surface area contributed by atoms with Crippen LogP contribution in [0.5, 0.6) is 5.75 Å². The first-order valence-electron chi connectivity index (χ1n) is 8.76. The van der Waals surface area contributed by atoms with Crippen molar-refractivity contribution in [1.29, 1.82) is 0 Å². The summed E-state index contributed by atoms with van der Waals surface area (Å²) in [6.07, 6.45) is 0. The molecule has 2 aromatic carbocycles. The minimum absolute atomic E-state index is 0.602. The fraction of sp³-hybridized carbons (Fsp3) is 0.300. The van der Waals surface area contributed by atoms with E-state index in [0.717, 1.165) is 41.2 Å². The maximum atomic E-state index is 5.48. The van der Waals surface area contributed by atoms with Crippen LogP contribution in [0.4, 0.5) is 17.5 Å². The first-order chi connectivity index (χ1) is 12.2. The summed E-state index contributed by atoms with van der Waals surface area (Å²) in [5, 5.41) is 4.38. The Bertz CT molecular complexity index is 829. The SMILES string of the molecule is CCOc1ccc(Nc2nc(N(CC)CC)c3ccccc3n2)cc1. The van der Waals surface area contributed by atoms with Crippen LogP contribution in [-0.4, -0.2) is 29.7 Å². The second-order valence-electron chi connectivity index (χ2n) is 5.64. The third kappa shape index (κ3) is 3.82. The van der Waals surface area contributed by atoms with Gasteiger partial charge in [0.1, 0.15) is 11.6 Å². The van der Waals surface area contributed by atoms with Gasteiger partial charge in [-0.15, -0.1) is 0 Å². The van der Waals surface area contributed by atoms with Crippen LogP contribution in [0.2, 0.25) is 0 Å². The first kappa shape index (κ1) is 17.0. The van der Waals surface area contributed by atoms with Gasteiger partial charge in [0, 0.05) is 24.2 Å². The monoisotopic (exact) mass is 336 g/mol. The lowest BCUT2D eigenvalue weighted by Gasteiger charge is -2.22. The van der Waals surface area contributed by atoms with Gasteiger partial charge in [-0.25, -0.2) is 4.98 Å². The number of benzene rings is 2. The molecule has 0 bridgehead atoms. The smallest absolute Gasteiger partial charge is 0.229 e. The topological polar surface area (TPSA) is 50.3 Å². The molecule has 3 rings (SSSR count). The standard InChI is InChI=1S/C20H24N4O/c1-4-24(5-2)19-17-9-7-8-10-18(17)22-20(23-19)21-15-11-13-16(14-12-15)25-6-3/h7-14H,4-6H2,1-3H3,(H,21,22,23). The van der Waals surface area contributed by atoms with Crippen molar-refractivity contribution >= 4 is 28.4 Å². The number of rotatable bonds is 7. The van der Waals surface area contributed by atoms with Gasteiger partial charge in [-0.2, -0.15) is 4.98 Å². The van der Waals surface area contributed by atoms with Crippen LogP contribution in [0.3, 0.4) is 0 Å². The third-order valence-electron chi connectivity index (χ3n) is 4.07. The minimum atomic E-state index is 0.602. The van der Waals surface area contributed by atoms with Crippen LogP contribution in [-0.2, 0) is 0 Å². The predicted octanol–water partition coefficient (Wildman–Crippen LogP) is 4.62. The Hall–Kier alpha value is -2.82. The average Bonchev–Trinajstić information content (AvgIpc) is 2.64. The summed E-state index contributed by atoms with van der Waals surface area (Å²) >= 11 is 0. The van der Waals surface area contributed by atoms with E-state index in [1.807, 2.05) is 49.4 Å². The van der Waals surface area contributed by atoms with E-state index in [1.54, 1.807) is 0 Å². The van der Waals surface area contributed by atoms with Crippen LogP contribution in [0, 0.1) is 0 Å². The fourth-order valence-corrected chi connectivity index (χ4v) is 2.81. The molecule has 0 unspecified atom stereocenters. The second kappa shape index (κ2) is 7.83. The number of hydrogen-bond acceptors (Lipinski definition) is 5. The summed E-state index contributed by atoms with van der Waals surface area (Å²) in [5.41, 5.74) is 1.87. The molecule has 1 heterocycles. The van der Waals surface area contributed by atoms with Crippen molar-refractivity contribution in [2.75, 3.05) is 29.9 Å². The van der Waals surface area contributed by atoms with Crippen molar-refractivity contribution in [3.8, 4) is 5.75 Å². The van der Waals surface area contributed by atoms with Gasteiger partial charge < -0.3 is 15.0 Å². The van der Waals surface area contributed by atoms with Gasteiger partial charge in [-0.3, -0.25) is 0 Å². The zero-order valence-electron chi connectivity index (χ0n) is 15.0. The maximum absolute atomic E-state index is 5.48. The predicted molar refractivity (Wildman–Crippen MR) is 104 cm³/mol. The van der Waals surface area contributed by atoms with E-state index in [-0.39, 0.29) is 0 Å². The van der Waals surface area contributed by atoms with Gasteiger partial charge in [-0.05, 0) is 57.2 Å². The van der Waals surface area contributed by atoms with Gasteiger partial charge in [0.15, 0.2) is 0 Å². The Kier molecular flexibility index (Phi) is 5.33. The molecule has 0 atom stereocenters. The molecule has 0 spiro atoms. The Morgan fingerprint density at radius 3 is 2.32 bits per heavy atom. The van der Waals surface area contributed by atoms with E-state index in [1.165, 1.54) is 0 Å². The molecule has 3 aromatic rings. The van der Waals surface area contributed by atoms with E-state index >= 15 is 0 Å². The maximum Gasteiger partial charge on any atom is 0.229 e. The lowest BCUT2D eigenvalue weighted by molar-refractivity contribution is 0.340. The Balaban J connectivity index is 1.95. The molecule has 0 fully saturated rings. The fourth-order valence-electron chi connectivity index (χ4n) is 2.81. The van der Waals surface area contributed by atoms with E-state index in [4.69, 9.17) is 9.72 Å². The number of para-hydroxylation sites is 1. The summed E-state index contributed by atoms with van der Waals surface area (Å²) < 4.78 is 5.48. The number of nitrogens with zero attached hydrogens (tertiary/aromatic N) is 3. The molecule has 5 nitrogen and oxygen atoms in total. The minimum Gasteiger partial charge on any atom is -0.494 e. The molecule has 5 heteroatoms. The Morgan fingerprint density at radius 1 is 0.920 bits per heavy atom. The highest BCUT2D eigenvalue weighted by Gasteiger charge is 2.12. The normalized spacial score (nSPS) is 10.7. The molecular formula is C20H24N4O. The van der Waals surface area contributed by atoms with E-state index in [9.17, 15) is 0 Å². The number of anilines is 3. The molecule has 1 aromatic heterocycles. The summed E-state index contributed by atoms with van der Waals surface area (Å²) in [4.78, 5) is 11.7. The van der Waals surface area contributed by atoms with Crippen LogP contribution in [0.25, 0.3) is 10.9 Å². The van der Waals surface area contributed by atoms with Crippen LogP contribution in [0.15, 0.2) is 48.5 Å². The Labute approximate surface area is 148 Å². The third-order valence-corrected chi connectivity index (χ3v) is 4.07.